The predicted molar refractivity (Wildman–Crippen MR) is 140 cm³/mol. The number of pyridine rings is 1. The molecule has 0 bridgehead atoms. The number of aromatic nitrogens is 1. The molecule has 11 nitrogen and oxygen atoms in total. The molecule has 1 aromatic heterocycles. The monoisotopic (exact) mass is 632 g/mol. The Kier molecular flexibility index (Phi) is 6.30. The summed E-state index contributed by atoms with van der Waals surface area (Å²) in [4.78, 5) is 30.0. The largest absolute Gasteiger partial charge is 0.356 e. The van der Waals surface area contributed by atoms with Crippen LogP contribution in [0.5, 0.6) is 0 Å². The lowest BCUT2D eigenvalue weighted by Gasteiger charge is -2.52. The van der Waals surface area contributed by atoms with Gasteiger partial charge >= 0.3 is 0 Å². The van der Waals surface area contributed by atoms with E-state index in [-0.39, 0.29) is 47.5 Å². The van der Waals surface area contributed by atoms with Crippen molar-refractivity contribution in [3.05, 3.63) is 49.1 Å². The van der Waals surface area contributed by atoms with E-state index in [1.54, 1.807) is 17.9 Å². The molecule has 2 aromatic rings. The Bertz CT molecular complexity index is 1420. The van der Waals surface area contributed by atoms with Crippen molar-refractivity contribution in [2.45, 2.75) is 38.2 Å². The van der Waals surface area contributed by atoms with Crippen molar-refractivity contribution in [1.29, 1.82) is 0 Å². The molecule has 1 unspecified atom stereocenters. The zero-order chi connectivity index (χ0) is 26.1. The average Bonchev–Trinajstić information content (AvgIpc) is 3.62. The molecule has 0 radical (unpaired) electrons. The van der Waals surface area contributed by atoms with Gasteiger partial charge in [-0.1, -0.05) is 0 Å². The van der Waals surface area contributed by atoms with Crippen molar-refractivity contribution < 1.29 is 22.7 Å². The molecule has 1 atom stereocenters. The highest BCUT2D eigenvalue weighted by atomic mass is 127. The summed E-state index contributed by atoms with van der Waals surface area (Å²) in [5, 5.41) is 14.3. The highest BCUT2D eigenvalue weighted by Gasteiger charge is 2.51. The Morgan fingerprint density at radius 1 is 1.14 bits per heavy atom. The molecule has 5 rings (SSSR count). The number of amides is 1. The van der Waals surface area contributed by atoms with E-state index in [2.05, 4.69) is 10.0 Å². The summed E-state index contributed by atoms with van der Waals surface area (Å²) in [6, 6.07) is 3.90. The first-order chi connectivity index (χ1) is 17.0. The van der Waals surface area contributed by atoms with Crippen molar-refractivity contribution in [3.8, 4) is 0 Å². The maximum atomic E-state index is 14.7. The number of hydrogen-bond donors (Lipinski definition) is 3. The lowest BCUT2D eigenvalue weighted by molar-refractivity contribution is -0.0133. The second-order valence-electron chi connectivity index (χ2n) is 9.19. The summed E-state index contributed by atoms with van der Waals surface area (Å²) in [6.45, 7) is 1.70. The predicted octanol–water partition coefficient (Wildman–Crippen LogP) is 1.03. The molecule has 1 aliphatic carbocycles. The van der Waals surface area contributed by atoms with E-state index in [0.717, 1.165) is 12.8 Å². The second-order valence-corrected chi connectivity index (χ2v) is 12.3. The van der Waals surface area contributed by atoms with Gasteiger partial charge in [-0.15, -0.1) is 0 Å². The van der Waals surface area contributed by atoms with Crippen LogP contribution >= 0.6 is 22.6 Å². The van der Waals surface area contributed by atoms with Gasteiger partial charge in [0.2, 0.25) is 6.35 Å². The molecule has 1 aromatic carbocycles. The molecule has 2 fully saturated rings. The van der Waals surface area contributed by atoms with Gasteiger partial charge < -0.3 is 15.3 Å². The van der Waals surface area contributed by atoms with Gasteiger partial charge in [0.25, 0.3) is 21.7 Å². The summed E-state index contributed by atoms with van der Waals surface area (Å²) in [5.74, 6) is -0.913. The molecule has 14 heteroatoms. The van der Waals surface area contributed by atoms with Gasteiger partial charge in [-0.25, -0.2) is 9.11 Å². The maximum Gasteiger partial charge on any atom is 0.279 e. The third-order valence-electron chi connectivity index (χ3n) is 6.94. The van der Waals surface area contributed by atoms with E-state index < -0.39 is 39.9 Å². The van der Waals surface area contributed by atoms with Crippen molar-refractivity contribution >= 4 is 55.9 Å². The number of anilines is 3. The Morgan fingerprint density at radius 2 is 1.81 bits per heavy atom. The molecule has 1 amide bonds. The van der Waals surface area contributed by atoms with Crippen LogP contribution in [-0.2, 0) is 17.3 Å². The van der Waals surface area contributed by atoms with Gasteiger partial charge in [-0.3, -0.25) is 19.1 Å². The Morgan fingerprint density at radius 3 is 2.39 bits per heavy atom. The molecule has 0 spiro atoms. The topological polar surface area (TPSA) is 127 Å². The van der Waals surface area contributed by atoms with Crippen molar-refractivity contribution in [1.82, 2.24) is 18.5 Å². The fourth-order valence-electron chi connectivity index (χ4n) is 4.79. The van der Waals surface area contributed by atoms with Crippen LogP contribution in [0.2, 0.25) is 0 Å². The van der Waals surface area contributed by atoms with Crippen LogP contribution in [0, 0.1) is 16.3 Å². The lowest BCUT2D eigenvalue weighted by atomic mass is 9.99. The molecule has 1 saturated carbocycles. The number of hydrogen-bond acceptors (Lipinski definition) is 7. The van der Waals surface area contributed by atoms with Crippen LogP contribution in [0.1, 0.15) is 28.8 Å². The summed E-state index contributed by atoms with van der Waals surface area (Å²) in [6.07, 6.45) is 0.0717. The summed E-state index contributed by atoms with van der Waals surface area (Å²) < 4.78 is 44.6. The number of benzene rings is 1. The number of aliphatic hydroxyl groups excluding tert-OH is 1. The highest BCUT2D eigenvalue weighted by Crippen LogP contribution is 2.43. The third-order valence-corrected chi connectivity index (χ3v) is 9.10. The number of nitrogens with zero attached hydrogens (tertiary/aromatic N) is 4. The number of carbonyl (C=O) groups is 1. The summed E-state index contributed by atoms with van der Waals surface area (Å²) in [5.41, 5.74) is 0.270. The van der Waals surface area contributed by atoms with Gasteiger partial charge in [0.15, 0.2) is 0 Å². The molecule has 3 heterocycles. The summed E-state index contributed by atoms with van der Waals surface area (Å²) >= 11 is 1.99. The molecule has 3 N–H and O–H groups in total. The Labute approximate surface area is 221 Å². The van der Waals surface area contributed by atoms with E-state index >= 15 is 0 Å². The molecule has 194 valence electrons. The summed E-state index contributed by atoms with van der Waals surface area (Å²) in [7, 11) is -0.851. The molecular formula is C22H26FIN6O5S. The van der Waals surface area contributed by atoms with E-state index in [1.807, 2.05) is 22.6 Å². The van der Waals surface area contributed by atoms with E-state index in [0.29, 0.717) is 3.57 Å². The zero-order valence-corrected chi connectivity index (χ0v) is 22.8. The number of halogens is 2. The fraction of sp³-hybridized carbons (Fsp3) is 0.455. The van der Waals surface area contributed by atoms with Crippen LogP contribution < -0.4 is 20.5 Å². The Hall–Kier alpha value is -2.27. The quantitative estimate of drug-likeness (QED) is 0.407. The van der Waals surface area contributed by atoms with Crippen molar-refractivity contribution in [3.63, 3.8) is 0 Å². The fourth-order valence-corrected chi connectivity index (χ4v) is 6.24. The van der Waals surface area contributed by atoms with Crippen LogP contribution in [-0.4, -0.2) is 71.8 Å². The maximum absolute atomic E-state index is 14.7. The minimum Gasteiger partial charge on any atom is -0.356 e. The lowest BCUT2D eigenvalue weighted by Crippen LogP contribution is -2.69. The van der Waals surface area contributed by atoms with Crippen LogP contribution in [0.4, 0.5) is 21.6 Å². The van der Waals surface area contributed by atoms with Gasteiger partial charge in [-0.2, -0.15) is 12.7 Å². The van der Waals surface area contributed by atoms with Gasteiger partial charge in [0.1, 0.15) is 17.2 Å². The van der Waals surface area contributed by atoms with Gasteiger partial charge in [0, 0.05) is 42.4 Å². The van der Waals surface area contributed by atoms with Crippen LogP contribution in [0.25, 0.3) is 0 Å². The molecule has 1 saturated heterocycles. The molecule has 2 aliphatic heterocycles. The number of nitrogens with one attached hydrogen (secondary N) is 2. The van der Waals surface area contributed by atoms with Gasteiger partial charge in [0.05, 0.1) is 17.4 Å². The number of fused-ring (bicyclic) bond motifs is 1. The van der Waals surface area contributed by atoms with Crippen molar-refractivity contribution in [2.75, 3.05) is 30.4 Å². The number of carbonyl (C=O) groups excluding carboxylic acids is 1. The second kappa shape index (κ2) is 8.93. The SMILES string of the molecule is CNS(=O)(=O)N1CC(N2c3c(c(Nc4ccc(I)cc4F)n(C)c(=O)c3C)C(=O)N(C3CC3)C2O)C1. The van der Waals surface area contributed by atoms with Crippen molar-refractivity contribution in [2.24, 2.45) is 7.05 Å². The third kappa shape index (κ3) is 3.98. The highest BCUT2D eigenvalue weighted by molar-refractivity contribution is 14.1. The normalized spacial score (nSPS) is 20.9. The first-order valence-electron chi connectivity index (χ1n) is 11.4. The van der Waals surface area contributed by atoms with E-state index in [1.165, 1.54) is 40.0 Å². The smallest absolute Gasteiger partial charge is 0.279 e. The van der Waals surface area contributed by atoms with Crippen LogP contribution in [0.3, 0.4) is 0 Å². The first-order valence-corrected chi connectivity index (χ1v) is 13.9. The zero-order valence-electron chi connectivity index (χ0n) is 19.8. The van der Waals surface area contributed by atoms with Gasteiger partial charge in [-0.05, 0) is 60.6 Å². The first kappa shape index (κ1) is 25.4. The van der Waals surface area contributed by atoms with E-state index in [4.69, 9.17) is 0 Å². The molecule has 36 heavy (non-hydrogen) atoms. The minimum atomic E-state index is -3.66. The standard InChI is InChI=1S/C22H26FIN6O5S/c1-11-18-17(19(27(3)20(11)31)26-16-7-4-12(24)8-15(16)23)21(32)30(13-5-6-13)22(33)29(18)14-9-28(10-14)36(34,35)25-2/h4,7-8,13-14,22,25-26,33H,5-6,9-10H2,1-3H3. The minimum absolute atomic E-state index is 0.0650. The molecular weight excluding hydrogens is 606 g/mol. The average molecular weight is 632 g/mol. The van der Waals surface area contributed by atoms with E-state index in [9.17, 15) is 27.5 Å². The van der Waals surface area contributed by atoms with Crippen LogP contribution in [0.15, 0.2) is 23.0 Å². The molecule has 3 aliphatic rings. The Balaban J connectivity index is 1.66. The number of aliphatic hydroxyl groups is 1. The number of rotatable bonds is 6.